The van der Waals surface area contributed by atoms with Gasteiger partial charge in [-0.2, -0.15) is 0 Å². The molecule has 0 saturated carbocycles. The molecular weight excluding hydrogens is 356 g/mol. The number of halogens is 1. The maximum Gasteiger partial charge on any atom is 0.252 e. The van der Waals surface area contributed by atoms with E-state index < -0.39 is 0 Å². The molecular formula is C23H29ClN2O. The number of hydrogen-bond acceptors (Lipinski definition) is 2. The van der Waals surface area contributed by atoms with Crippen LogP contribution in [0.1, 0.15) is 59.8 Å². The summed E-state index contributed by atoms with van der Waals surface area (Å²) in [4.78, 5) is 15.8. The van der Waals surface area contributed by atoms with Crippen molar-refractivity contribution in [2.24, 2.45) is 0 Å². The summed E-state index contributed by atoms with van der Waals surface area (Å²) < 4.78 is 0. The van der Waals surface area contributed by atoms with E-state index in [-0.39, 0.29) is 17.5 Å². The van der Waals surface area contributed by atoms with Gasteiger partial charge in [0.15, 0.2) is 0 Å². The topological polar surface area (TPSA) is 32.3 Å². The van der Waals surface area contributed by atoms with Gasteiger partial charge in [0, 0.05) is 16.1 Å². The molecule has 0 spiro atoms. The second-order valence-corrected chi connectivity index (χ2v) is 8.44. The van der Waals surface area contributed by atoms with Crippen molar-refractivity contribution in [2.45, 2.75) is 52.1 Å². The lowest BCUT2D eigenvalue weighted by Crippen LogP contribution is -2.52. The Balaban J connectivity index is 1.97. The molecule has 2 aromatic carbocycles. The highest BCUT2D eigenvalue weighted by atomic mass is 35.5. The zero-order valence-corrected chi connectivity index (χ0v) is 17.4. The molecule has 1 aliphatic heterocycles. The Morgan fingerprint density at radius 1 is 1.07 bits per heavy atom. The van der Waals surface area contributed by atoms with Gasteiger partial charge in [-0.1, -0.05) is 48.0 Å². The van der Waals surface area contributed by atoms with Crippen molar-refractivity contribution in [3.05, 3.63) is 69.7 Å². The maximum atomic E-state index is 13.3. The summed E-state index contributed by atoms with van der Waals surface area (Å²) >= 11 is 6.29. The Kier molecular flexibility index (Phi) is 5.92. The lowest BCUT2D eigenvalue weighted by atomic mass is 9.86. The second-order valence-electron chi connectivity index (χ2n) is 8.03. The summed E-state index contributed by atoms with van der Waals surface area (Å²) in [5.41, 5.74) is 3.40. The molecule has 4 heteroatoms. The molecule has 3 nitrogen and oxygen atoms in total. The van der Waals surface area contributed by atoms with Crippen LogP contribution < -0.4 is 5.32 Å². The minimum Gasteiger partial charge on any atom is -0.343 e. The number of likely N-dealkylation sites (tertiary alicyclic amines) is 1. The molecule has 0 radical (unpaired) electrons. The number of amides is 1. The smallest absolute Gasteiger partial charge is 0.252 e. The summed E-state index contributed by atoms with van der Waals surface area (Å²) in [6.07, 6.45) is 2.43. The summed E-state index contributed by atoms with van der Waals surface area (Å²) in [6.45, 7) is 10.5. The van der Waals surface area contributed by atoms with Gasteiger partial charge in [-0.15, -0.1) is 0 Å². The second kappa shape index (κ2) is 8.04. The van der Waals surface area contributed by atoms with E-state index >= 15 is 0 Å². The van der Waals surface area contributed by atoms with Gasteiger partial charge in [0.2, 0.25) is 0 Å². The van der Waals surface area contributed by atoms with Crippen molar-refractivity contribution in [2.75, 3.05) is 13.1 Å². The molecule has 1 fully saturated rings. The fourth-order valence-corrected chi connectivity index (χ4v) is 4.32. The normalized spacial score (nSPS) is 16.3. The molecule has 1 atom stereocenters. The molecule has 1 amide bonds. The number of carbonyl (C=O) groups excluding carboxylic acids is 1. The van der Waals surface area contributed by atoms with E-state index in [1.165, 1.54) is 12.8 Å². The fourth-order valence-electron chi connectivity index (χ4n) is 4.16. The number of nitrogens with zero attached hydrogens (tertiary/aromatic N) is 1. The van der Waals surface area contributed by atoms with Crippen LogP contribution in [-0.2, 0) is 0 Å². The van der Waals surface area contributed by atoms with Crippen LogP contribution in [0.5, 0.6) is 0 Å². The Labute approximate surface area is 167 Å². The Bertz CT molecular complexity index is 811. The van der Waals surface area contributed by atoms with E-state index in [1.54, 1.807) is 0 Å². The number of nitrogens with one attached hydrogen (secondary N) is 1. The summed E-state index contributed by atoms with van der Waals surface area (Å²) in [5.74, 6) is -0.0615. The Morgan fingerprint density at radius 2 is 1.70 bits per heavy atom. The average molecular weight is 385 g/mol. The van der Waals surface area contributed by atoms with E-state index in [0.29, 0.717) is 10.6 Å². The molecule has 0 aliphatic carbocycles. The van der Waals surface area contributed by atoms with E-state index in [9.17, 15) is 4.79 Å². The predicted molar refractivity (Wildman–Crippen MR) is 112 cm³/mol. The molecule has 1 saturated heterocycles. The molecule has 0 aromatic heterocycles. The van der Waals surface area contributed by atoms with Gasteiger partial charge >= 0.3 is 0 Å². The van der Waals surface area contributed by atoms with Crippen LogP contribution >= 0.6 is 11.6 Å². The monoisotopic (exact) mass is 384 g/mol. The van der Waals surface area contributed by atoms with Crippen LogP contribution in [0, 0.1) is 13.8 Å². The van der Waals surface area contributed by atoms with Crippen molar-refractivity contribution in [3.8, 4) is 0 Å². The van der Waals surface area contributed by atoms with Gasteiger partial charge in [-0.25, -0.2) is 0 Å². The zero-order chi connectivity index (χ0) is 19.6. The minimum absolute atomic E-state index is 0.0615. The van der Waals surface area contributed by atoms with Crippen LogP contribution in [0.4, 0.5) is 0 Å². The zero-order valence-electron chi connectivity index (χ0n) is 16.7. The molecule has 0 bridgehead atoms. The van der Waals surface area contributed by atoms with Gasteiger partial charge in [0.25, 0.3) is 5.91 Å². The number of benzene rings is 2. The van der Waals surface area contributed by atoms with E-state index in [2.05, 4.69) is 36.2 Å². The fraction of sp³-hybridized carbons (Fsp3) is 0.435. The van der Waals surface area contributed by atoms with E-state index in [0.717, 1.165) is 29.8 Å². The molecule has 144 valence electrons. The SMILES string of the molecule is Cc1ccc(Cl)c(C)c1C(=O)NC(c1ccccc1)C(C)(C)N1CCCC1. The third-order valence-electron chi connectivity index (χ3n) is 5.87. The van der Waals surface area contributed by atoms with E-state index in [4.69, 9.17) is 11.6 Å². The average Bonchev–Trinajstić information content (AvgIpc) is 3.19. The van der Waals surface area contributed by atoms with Crippen molar-refractivity contribution >= 4 is 17.5 Å². The van der Waals surface area contributed by atoms with Gasteiger partial charge in [-0.3, -0.25) is 9.69 Å². The highest BCUT2D eigenvalue weighted by molar-refractivity contribution is 6.31. The number of carbonyl (C=O) groups is 1. The molecule has 1 heterocycles. The minimum atomic E-state index is -0.187. The molecule has 1 unspecified atom stereocenters. The van der Waals surface area contributed by atoms with Gasteiger partial charge in [0.1, 0.15) is 0 Å². The van der Waals surface area contributed by atoms with Crippen LogP contribution in [0.15, 0.2) is 42.5 Å². The van der Waals surface area contributed by atoms with Crippen molar-refractivity contribution in [3.63, 3.8) is 0 Å². The van der Waals surface area contributed by atoms with Gasteiger partial charge in [0.05, 0.1) is 6.04 Å². The third kappa shape index (κ3) is 4.04. The first-order valence-electron chi connectivity index (χ1n) is 9.69. The van der Waals surface area contributed by atoms with Crippen LogP contribution in [-0.4, -0.2) is 29.4 Å². The lowest BCUT2D eigenvalue weighted by Gasteiger charge is -2.42. The standard InChI is InChI=1S/C23H29ClN2O/c1-16-12-13-19(24)17(2)20(16)22(27)25-21(18-10-6-5-7-11-18)23(3,4)26-14-8-9-15-26/h5-7,10-13,21H,8-9,14-15H2,1-4H3,(H,25,27). The third-order valence-corrected chi connectivity index (χ3v) is 6.28. The number of rotatable bonds is 5. The highest BCUT2D eigenvalue weighted by Gasteiger charge is 2.39. The first kappa shape index (κ1) is 19.9. The summed E-state index contributed by atoms with van der Waals surface area (Å²) in [5, 5.41) is 3.96. The van der Waals surface area contributed by atoms with Crippen molar-refractivity contribution < 1.29 is 4.79 Å². The number of hydrogen-bond donors (Lipinski definition) is 1. The van der Waals surface area contributed by atoms with Gasteiger partial charge < -0.3 is 5.32 Å². The Morgan fingerprint density at radius 3 is 2.33 bits per heavy atom. The van der Waals surface area contributed by atoms with Crippen LogP contribution in [0.25, 0.3) is 0 Å². The molecule has 1 aliphatic rings. The van der Waals surface area contributed by atoms with Crippen LogP contribution in [0.3, 0.4) is 0 Å². The quantitative estimate of drug-likeness (QED) is 0.758. The maximum absolute atomic E-state index is 13.3. The Hall–Kier alpha value is -1.84. The predicted octanol–water partition coefficient (Wildman–Crippen LogP) is 5.30. The molecule has 2 aromatic rings. The van der Waals surface area contributed by atoms with Gasteiger partial charge in [-0.05, 0) is 76.4 Å². The first-order valence-corrected chi connectivity index (χ1v) is 10.1. The molecule has 1 N–H and O–H groups in total. The molecule has 3 rings (SSSR count). The number of aryl methyl sites for hydroxylation is 1. The summed E-state index contributed by atoms with van der Waals surface area (Å²) in [6, 6.07) is 13.9. The van der Waals surface area contributed by atoms with Crippen LogP contribution in [0.2, 0.25) is 5.02 Å². The van der Waals surface area contributed by atoms with Crippen molar-refractivity contribution in [1.29, 1.82) is 0 Å². The first-order chi connectivity index (χ1) is 12.8. The summed E-state index contributed by atoms with van der Waals surface area (Å²) in [7, 11) is 0. The molecule has 27 heavy (non-hydrogen) atoms. The highest BCUT2D eigenvalue weighted by Crippen LogP contribution is 2.34. The van der Waals surface area contributed by atoms with Crippen molar-refractivity contribution in [1.82, 2.24) is 10.2 Å². The lowest BCUT2D eigenvalue weighted by molar-refractivity contribution is 0.0777. The largest absolute Gasteiger partial charge is 0.343 e. The van der Waals surface area contributed by atoms with E-state index in [1.807, 2.05) is 44.2 Å².